The van der Waals surface area contributed by atoms with Gasteiger partial charge in [0.1, 0.15) is 0 Å². The van der Waals surface area contributed by atoms with Crippen LogP contribution in [0.5, 0.6) is 17.6 Å². The van der Waals surface area contributed by atoms with E-state index in [-0.39, 0.29) is 0 Å². The van der Waals surface area contributed by atoms with E-state index in [1.54, 1.807) is 19.2 Å². The van der Waals surface area contributed by atoms with Crippen LogP contribution in [0, 0.1) is 0 Å². The number of hydrogen-bond donors (Lipinski definition) is 1. The molecule has 7 heteroatoms. The smallest absolute Gasteiger partial charge is 0.222 e. The fourth-order valence-corrected chi connectivity index (χ4v) is 3.16. The Kier molecular flexibility index (Phi) is 5.58. The van der Waals surface area contributed by atoms with Gasteiger partial charge in [-0.1, -0.05) is 15.9 Å². The summed E-state index contributed by atoms with van der Waals surface area (Å²) in [5, 5.41) is 11.7. The molecule has 3 aromatic rings. The van der Waals surface area contributed by atoms with Gasteiger partial charge in [-0.15, -0.1) is 0 Å². The van der Waals surface area contributed by atoms with Gasteiger partial charge in [-0.25, -0.2) is 4.98 Å². The average molecular weight is 419 g/mol. The molecule has 2 aromatic heterocycles. The number of methoxy groups -OCH3 is 3. The Balaban J connectivity index is 1.97. The molecule has 0 saturated heterocycles. The lowest BCUT2D eigenvalue weighted by Crippen LogP contribution is -2.07. The Bertz CT molecular complexity index is 933. The average Bonchev–Trinajstić information content (AvgIpc) is 2.66. The normalized spacial score (nSPS) is 12.0. The molecule has 0 fully saturated rings. The molecule has 0 radical (unpaired) electrons. The molecule has 26 heavy (non-hydrogen) atoms. The zero-order valence-electron chi connectivity index (χ0n) is 14.7. The van der Waals surface area contributed by atoms with Crippen molar-refractivity contribution in [3.05, 3.63) is 52.0 Å². The molecular weight excluding hydrogens is 400 g/mol. The third kappa shape index (κ3) is 3.73. The van der Waals surface area contributed by atoms with Gasteiger partial charge in [0.05, 0.1) is 33.0 Å². The molecule has 0 amide bonds. The predicted molar refractivity (Wildman–Crippen MR) is 102 cm³/mol. The molecule has 0 saturated carbocycles. The van der Waals surface area contributed by atoms with Gasteiger partial charge in [0.2, 0.25) is 17.6 Å². The molecule has 1 aromatic carbocycles. The first kappa shape index (κ1) is 18.4. The first-order valence-electron chi connectivity index (χ1n) is 7.96. The zero-order chi connectivity index (χ0) is 18.7. The second kappa shape index (κ2) is 7.88. The second-order valence-corrected chi connectivity index (χ2v) is 6.58. The van der Waals surface area contributed by atoms with Crippen LogP contribution in [0.3, 0.4) is 0 Å². The summed E-state index contributed by atoms with van der Waals surface area (Å²) in [5.41, 5.74) is 2.19. The van der Waals surface area contributed by atoms with Crippen LogP contribution < -0.4 is 14.2 Å². The maximum atomic E-state index is 10.7. The summed E-state index contributed by atoms with van der Waals surface area (Å²) in [7, 11) is 4.60. The summed E-state index contributed by atoms with van der Waals surface area (Å²) in [6.45, 7) is 0. The van der Waals surface area contributed by atoms with Crippen LogP contribution in [0.1, 0.15) is 17.2 Å². The van der Waals surface area contributed by atoms with Gasteiger partial charge < -0.3 is 19.3 Å². The topological polar surface area (TPSA) is 73.7 Å². The Morgan fingerprint density at radius 1 is 0.962 bits per heavy atom. The lowest BCUT2D eigenvalue weighted by Gasteiger charge is -2.16. The monoisotopic (exact) mass is 418 g/mol. The van der Waals surface area contributed by atoms with E-state index in [4.69, 9.17) is 14.2 Å². The van der Waals surface area contributed by atoms with E-state index < -0.39 is 6.10 Å². The fourth-order valence-electron chi connectivity index (χ4n) is 2.78. The third-order valence-corrected chi connectivity index (χ3v) is 4.54. The van der Waals surface area contributed by atoms with Crippen molar-refractivity contribution in [1.82, 2.24) is 9.97 Å². The molecule has 0 aliphatic heterocycles. The van der Waals surface area contributed by atoms with Crippen molar-refractivity contribution >= 4 is 26.8 Å². The van der Waals surface area contributed by atoms with E-state index in [9.17, 15) is 5.11 Å². The number of aromatic nitrogens is 2. The van der Waals surface area contributed by atoms with Crippen LogP contribution >= 0.6 is 15.9 Å². The standard InChI is InChI=1S/C19H19BrN2O4/c1-24-17-7-5-14(19(22-17)26-3)16(23)10-12-8-11-9-13(20)4-6-15(11)21-18(12)25-2/h4-9,16,23H,10H2,1-3H3. The minimum atomic E-state index is -0.830. The van der Waals surface area contributed by atoms with E-state index in [0.717, 1.165) is 20.9 Å². The van der Waals surface area contributed by atoms with Crippen molar-refractivity contribution in [2.24, 2.45) is 0 Å². The van der Waals surface area contributed by atoms with Crippen LogP contribution in [0.4, 0.5) is 0 Å². The van der Waals surface area contributed by atoms with Crippen molar-refractivity contribution in [2.75, 3.05) is 21.3 Å². The number of benzene rings is 1. The maximum Gasteiger partial charge on any atom is 0.222 e. The van der Waals surface area contributed by atoms with Crippen molar-refractivity contribution < 1.29 is 19.3 Å². The van der Waals surface area contributed by atoms with Crippen LogP contribution in [0.2, 0.25) is 0 Å². The number of aliphatic hydroxyl groups excluding tert-OH is 1. The minimum Gasteiger partial charge on any atom is -0.481 e. The molecule has 0 aliphatic rings. The quantitative estimate of drug-likeness (QED) is 0.657. The number of rotatable bonds is 6. The van der Waals surface area contributed by atoms with Gasteiger partial charge >= 0.3 is 0 Å². The summed E-state index contributed by atoms with van der Waals surface area (Å²) in [4.78, 5) is 8.75. The van der Waals surface area contributed by atoms with Gasteiger partial charge in [-0.3, -0.25) is 0 Å². The van der Waals surface area contributed by atoms with E-state index in [1.807, 2.05) is 24.3 Å². The van der Waals surface area contributed by atoms with E-state index >= 15 is 0 Å². The molecule has 0 aliphatic carbocycles. The lowest BCUT2D eigenvalue weighted by molar-refractivity contribution is 0.171. The highest BCUT2D eigenvalue weighted by Crippen LogP contribution is 2.32. The number of pyridine rings is 2. The zero-order valence-corrected chi connectivity index (χ0v) is 16.3. The van der Waals surface area contributed by atoms with E-state index in [1.165, 1.54) is 14.2 Å². The summed E-state index contributed by atoms with van der Waals surface area (Å²) >= 11 is 3.47. The Hall–Kier alpha value is -2.38. The first-order valence-corrected chi connectivity index (χ1v) is 8.75. The molecule has 2 heterocycles. The Morgan fingerprint density at radius 2 is 1.73 bits per heavy atom. The second-order valence-electron chi connectivity index (χ2n) is 5.67. The Morgan fingerprint density at radius 3 is 2.42 bits per heavy atom. The highest BCUT2D eigenvalue weighted by Gasteiger charge is 2.19. The number of fused-ring (bicyclic) bond motifs is 1. The van der Waals surface area contributed by atoms with Gasteiger partial charge in [0.15, 0.2) is 0 Å². The molecule has 1 N–H and O–H groups in total. The van der Waals surface area contributed by atoms with E-state index in [2.05, 4.69) is 25.9 Å². The third-order valence-electron chi connectivity index (χ3n) is 4.05. The molecule has 0 spiro atoms. The summed E-state index contributed by atoms with van der Waals surface area (Å²) in [6.07, 6.45) is -0.521. The molecular formula is C19H19BrN2O4. The van der Waals surface area contributed by atoms with Crippen LogP contribution in [0.25, 0.3) is 10.9 Å². The molecule has 1 unspecified atom stereocenters. The summed E-state index contributed by atoms with van der Waals surface area (Å²) in [6, 6.07) is 11.2. The number of aliphatic hydroxyl groups is 1. The van der Waals surface area contributed by atoms with Crippen LogP contribution in [-0.2, 0) is 6.42 Å². The predicted octanol–water partition coefficient (Wildman–Crippen LogP) is 3.69. The van der Waals surface area contributed by atoms with Crippen LogP contribution in [-0.4, -0.2) is 36.4 Å². The summed E-state index contributed by atoms with van der Waals surface area (Å²) in [5.74, 6) is 1.24. The number of ether oxygens (including phenoxy) is 3. The SMILES string of the molecule is COc1ccc(C(O)Cc2cc3cc(Br)ccc3nc2OC)c(OC)n1. The van der Waals surface area contributed by atoms with Crippen LogP contribution in [0.15, 0.2) is 40.9 Å². The fraction of sp³-hybridized carbons (Fsp3) is 0.263. The van der Waals surface area contributed by atoms with Gasteiger partial charge in [-0.05, 0) is 30.3 Å². The van der Waals surface area contributed by atoms with Gasteiger partial charge in [-0.2, -0.15) is 4.98 Å². The number of hydrogen-bond acceptors (Lipinski definition) is 6. The molecule has 136 valence electrons. The van der Waals surface area contributed by atoms with Gasteiger partial charge in [0.25, 0.3) is 0 Å². The van der Waals surface area contributed by atoms with Crippen molar-refractivity contribution in [3.63, 3.8) is 0 Å². The molecule has 1 atom stereocenters. The van der Waals surface area contributed by atoms with E-state index in [0.29, 0.717) is 29.6 Å². The molecule has 0 bridgehead atoms. The Labute approximate surface area is 159 Å². The highest BCUT2D eigenvalue weighted by molar-refractivity contribution is 9.10. The molecule has 3 rings (SSSR count). The summed E-state index contributed by atoms with van der Waals surface area (Å²) < 4.78 is 16.8. The molecule has 6 nitrogen and oxygen atoms in total. The van der Waals surface area contributed by atoms with Gasteiger partial charge in [0, 0.05) is 33.5 Å². The van der Waals surface area contributed by atoms with Crippen molar-refractivity contribution in [2.45, 2.75) is 12.5 Å². The van der Waals surface area contributed by atoms with Crippen molar-refractivity contribution in [3.8, 4) is 17.6 Å². The largest absolute Gasteiger partial charge is 0.481 e. The first-order chi connectivity index (χ1) is 12.5. The van der Waals surface area contributed by atoms with Crippen molar-refractivity contribution in [1.29, 1.82) is 0 Å². The highest BCUT2D eigenvalue weighted by atomic mass is 79.9. The number of halogens is 1. The maximum absolute atomic E-state index is 10.7. The lowest BCUT2D eigenvalue weighted by atomic mass is 10.0. The minimum absolute atomic E-state index is 0.309. The number of nitrogens with zero attached hydrogens (tertiary/aromatic N) is 2.